The highest BCUT2D eigenvalue weighted by Gasteiger charge is 2.09. The zero-order valence-electron chi connectivity index (χ0n) is 9.03. The van der Waals surface area contributed by atoms with E-state index in [1.54, 1.807) is 13.2 Å². The van der Waals surface area contributed by atoms with Crippen LogP contribution in [-0.4, -0.2) is 26.4 Å². The predicted molar refractivity (Wildman–Crippen MR) is 55.1 cm³/mol. The van der Waals surface area contributed by atoms with Crippen molar-refractivity contribution in [1.82, 2.24) is 5.48 Å². The third kappa shape index (κ3) is 2.74. The Labute approximate surface area is 88.5 Å². The Morgan fingerprint density at radius 3 is 2.27 bits per heavy atom. The molecule has 1 aromatic rings. The number of rotatable bonds is 5. The summed E-state index contributed by atoms with van der Waals surface area (Å²) in [5.74, 6) is 1.21. The number of nitrogens with one attached hydrogen (secondary N) is 1. The second-order valence-electron chi connectivity index (χ2n) is 2.86. The molecular formula is C10H15NO4. The normalized spacial score (nSPS) is 10.1. The van der Waals surface area contributed by atoms with Gasteiger partial charge in [0.05, 0.1) is 21.3 Å². The number of phenols is 1. The number of benzene rings is 1. The average Bonchev–Trinajstić information content (AvgIpc) is 2.27. The van der Waals surface area contributed by atoms with Crippen LogP contribution in [0.2, 0.25) is 0 Å². The molecule has 0 atom stereocenters. The van der Waals surface area contributed by atoms with Gasteiger partial charge in [0.2, 0.25) is 0 Å². The van der Waals surface area contributed by atoms with Gasteiger partial charge in [0, 0.05) is 18.2 Å². The van der Waals surface area contributed by atoms with Crippen molar-refractivity contribution in [2.24, 2.45) is 0 Å². The van der Waals surface area contributed by atoms with E-state index in [1.165, 1.54) is 20.3 Å². The maximum Gasteiger partial charge on any atom is 0.164 e. The van der Waals surface area contributed by atoms with Gasteiger partial charge in [0.1, 0.15) is 5.75 Å². The number of hydrogen-bond acceptors (Lipinski definition) is 5. The first-order chi connectivity index (χ1) is 7.22. The van der Waals surface area contributed by atoms with E-state index in [9.17, 15) is 5.11 Å². The summed E-state index contributed by atoms with van der Waals surface area (Å²) in [7, 11) is 4.57. The molecule has 0 amide bonds. The summed E-state index contributed by atoms with van der Waals surface area (Å²) >= 11 is 0. The molecule has 0 heterocycles. The van der Waals surface area contributed by atoms with Crippen molar-refractivity contribution in [3.8, 4) is 17.2 Å². The van der Waals surface area contributed by atoms with Gasteiger partial charge in [-0.05, 0) is 6.07 Å². The third-order valence-electron chi connectivity index (χ3n) is 1.99. The molecule has 0 fully saturated rings. The Hall–Kier alpha value is -1.46. The number of hydroxylamine groups is 1. The molecule has 84 valence electrons. The van der Waals surface area contributed by atoms with Crippen LogP contribution < -0.4 is 15.0 Å². The van der Waals surface area contributed by atoms with Crippen LogP contribution in [0, 0.1) is 0 Å². The van der Waals surface area contributed by atoms with E-state index in [0.717, 1.165) is 0 Å². The molecule has 1 aromatic carbocycles. The maximum atomic E-state index is 9.64. The van der Waals surface area contributed by atoms with Crippen LogP contribution in [0.15, 0.2) is 12.1 Å². The van der Waals surface area contributed by atoms with Crippen molar-refractivity contribution in [3.05, 3.63) is 17.7 Å². The van der Waals surface area contributed by atoms with E-state index >= 15 is 0 Å². The van der Waals surface area contributed by atoms with Crippen LogP contribution in [0.1, 0.15) is 5.56 Å². The number of phenolic OH excluding ortho intramolecular Hbond substituents is 1. The summed E-state index contributed by atoms with van der Waals surface area (Å²) in [4.78, 5) is 4.70. The van der Waals surface area contributed by atoms with E-state index in [-0.39, 0.29) is 5.75 Å². The van der Waals surface area contributed by atoms with E-state index < -0.39 is 0 Å². The predicted octanol–water partition coefficient (Wildman–Crippen LogP) is 1.06. The zero-order valence-corrected chi connectivity index (χ0v) is 9.03. The van der Waals surface area contributed by atoms with Gasteiger partial charge in [0.15, 0.2) is 11.5 Å². The number of hydrogen-bond donors (Lipinski definition) is 2. The summed E-state index contributed by atoms with van der Waals surface area (Å²) in [6.45, 7) is 0.392. The SMILES string of the molecule is CONCc1cc(OC)c(OC)cc1O. The summed E-state index contributed by atoms with van der Waals surface area (Å²) in [6, 6.07) is 3.20. The summed E-state index contributed by atoms with van der Waals surface area (Å²) in [5, 5.41) is 9.64. The Kier molecular flexibility index (Phi) is 4.20. The first-order valence-electron chi connectivity index (χ1n) is 4.42. The molecule has 2 N–H and O–H groups in total. The van der Waals surface area contributed by atoms with Crippen LogP contribution in [0.4, 0.5) is 0 Å². The van der Waals surface area contributed by atoms with E-state index in [1.807, 2.05) is 0 Å². The highest BCUT2D eigenvalue weighted by atomic mass is 16.6. The lowest BCUT2D eigenvalue weighted by atomic mass is 10.2. The largest absolute Gasteiger partial charge is 0.507 e. The Morgan fingerprint density at radius 1 is 1.13 bits per heavy atom. The van der Waals surface area contributed by atoms with Gasteiger partial charge in [0.25, 0.3) is 0 Å². The molecule has 0 aliphatic rings. The molecule has 0 bridgehead atoms. The Bertz CT molecular complexity index is 327. The average molecular weight is 213 g/mol. The van der Waals surface area contributed by atoms with Crippen molar-refractivity contribution >= 4 is 0 Å². The smallest absolute Gasteiger partial charge is 0.164 e. The van der Waals surface area contributed by atoms with Gasteiger partial charge >= 0.3 is 0 Å². The second-order valence-corrected chi connectivity index (χ2v) is 2.86. The van der Waals surface area contributed by atoms with Crippen molar-refractivity contribution < 1.29 is 19.4 Å². The highest BCUT2D eigenvalue weighted by Crippen LogP contribution is 2.33. The first-order valence-corrected chi connectivity index (χ1v) is 4.42. The molecule has 0 aliphatic carbocycles. The number of ether oxygens (including phenoxy) is 2. The quantitative estimate of drug-likeness (QED) is 0.716. The molecule has 0 spiro atoms. The van der Waals surface area contributed by atoms with Crippen molar-refractivity contribution in [2.45, 2.75) is 6.54 Å². The van der Waals surface area contributed by atoms with Gasteiger partial charge < -0.3 is 19.4 Å². The maximum absolute atomic E-state index is 9.64. The van der Waals surface area contributed by atoms with Crippen LogP contribution in [0.25, 0.3) is 0 Å². The van der Waals surface area contributed by atoms with Gasteiger partial charge in [-0.25, -0.2) is 0 Å². The lowest BCUT2D eigenvalue weighted by molar-refractivity contribution is 0.0861. The monoisotopic (exact) mass is 213 g/mol. The van der Waals surface area contributed by atoms with Crippen molar-refractivity contribution in [1.29, 1.82) is 0 Å². The first kappa shape index (κ1) is 11.6. The molecule has 0 aromatic heterocycles. The minimum Gasteiger partial charge on any atom is -0.507 e. The number of aromatic hydroxyl groups is 1. The summed E-state index contributed by atoms with van der Waals surface area (Å²) in [5.41, 5.74) is 3.31. The fourth-order valence-corrected chi connectivity index (χ4v) is 1.20. The number of methoxy groups -OCH3 is 2. The van der Waals surface area contributed by atoms with Gasteiger partial charge in [-0.3, -0.25) is 0 Å². The van der Waals surface area contributed by atoms with Crippen LogP contribution in [-0.2, 0) is 11.4 Å². The molecule has 0 unspecified atom stereocenters. The van der Waals surface area contributed by atoms with Gasteiger partial charge in [-0.1, -0.05) is 0 Å². The zero-order chi connectivity index (χ0) is 11.3. The Balaban J connectivity index is 2.97. The molecule has 0 saturated heterocycles. The lowest BCUT2D eigenvalue weighted by Gasteiger charge is -2.11. The lowest BCUT2D eigenvalue weighted by Crippen LogP contribution is -2.11. The second kappa shape index (κ2) is 5.43. The highest BCUT2D eigenvalue weighted by molar-refractivity contribution is 5.49. The van der Waals surface area contributed by atoms with Crippen molar-refractivity contribution in [3.63, 3.8) is 0 Å². The van der Waals surface area contributed by atoms with Crippen LogP contribution in [0.5, 0.6) is 17.2 Å². The molecular weight excluding hydrogens is 198 g/mol. The van der Waals surface area contributed by atoms with Crippen LogP contribution >= 0.6 is 0 Å². The van der Waals surface area contributed by atoms with Crippen LogP contribution in [0.3, 0.4) is 0 Å². The Morgan fingerprint density at radius 2 is 1.73 bits per heavy atom. The molecule has 1 rings (SSSR count). The third-order valence-corrected chi connectivity index (χ3v) is 1.99. The minimum atomic E-state index is 0.136. The molecule has 0 saturated carbocycles. The molecule has 5 heteroatoms. The molecule has 15 heavy (non-hydrogen) atoms. The fourth-order valence-electron chi connectivity index (χ4n) is 1.20. The van der Waals surface area contributed by atoms with Gasteiger partial charge in [-0.2, -0.15) is 5.48 Å². The van der Waals surface area contributed by atoms with E-state index in [2.05, 4.69) is 5.48 Å². The summed E-state index contributed by atoms with van der Waals surface area (Å²) < 4.78 is 10.1. The molecule has 0 radical (unpaired) electrons. The van der Waals surface area contributed by atoms with Crippen molar-refractivity contribution in [2.75, 3.05) is 21.3 Å². The fraction of sp³-hybridized carbons (Fsp3) is 0.400. The minimum absolute atomic E-state index is 0.136. The summed E-state index contributed by atoms with van der Waals surface area (Å²) in [6.07, 6.45) is 0. The van der Waals surface area contributed by atoms with E-state index in [0.29, 0.717) is 23.6 Å². The molecule has 0 aliphatic heterocycles. The van der Waals surface area contributed by atoms with E-state index in [4.69, 9.17) is 14.3 Å². The van der Waals surface area contributed by atoms with Gasteiger partial charge in [-0.15, -0.1) is 0 Å². The topological polar surface area (TPSA) is 60.0 Å². The standard InChI is InChI=1S/C10H15NO4/c1-13-9-4-7(6-11-15-3)8(12)5-10(9)14-2/h4-5,11-12H,6H2,1-3H3. The molecule has 5 nitrogen and oxygen atoms in total.